The molecule has 8 bridgehead atoms. The van der Waals surface area contributed by atoms with Crippen molar-refractivity contribution in [1.29, 1.82) is 0 Å². The van der Waals surface area contributed by atoms with E-state index < -0.39 is 84.5 Å². The highest BCUT2D eigenvalue weighted by Crippen LogP contribution is 2.40. The Balaban J connectivity index is 1.13. The van der Waals surface area contributed by atoms with Gasteiger partial charge in [-0.05, 0) is 119 Å². The number of hydrogen-bond acceptors (Lipinski definition) is 18. The van der Waals surface area contributed by atoms with E-state index >= 15 is 0 Å². The fraction of sp³-hybridized carbons (Fsp3) is 0.214. The number of aromatic amines is 2. The Kier molecular flexibility index (Phi) is 14.0. The molecular weight excluding hydrogens is 1010 g/mol. The Morgan fingerprint density at radius 3 is 0.987 bits per heavy atom. The van der Waals surface area contributed by atoms with Crippen molar-refractivity contribution in [1.82, 2.24) is 19.9 Å². The lowest BCUT2D eigenvalue weighted by molar-refractivity contribution is -0.385. The molecule has 2 fully saturated rings. The van der Waals surface area contributed by atoms with Gasteiger partial charge in [0.05, 0.1) is 69.9 Å². The molecule has 2 saturated heterocycles. The van der Waals surface area contributed by atoms with E-state index in [2.05, 4.69) is 9.97 Å². The van der Waals surface area contributed by atoms with E-state index in [0.717, 1.165) is 0 Å². The minimum absolute atomic E-state index is 0.117. The second kappa shape index (κ2) is 21.1. The molecule has 10 atom stereocenters. The van der Waals surface area contributed by atoms with Crippen LogP contribution in [0.3, 0.4) is 0 Å². The lowest BCUT2D eigenvalue weighted by atomic mass is 9.94. The number of nitrogens with zero attached hydrogens (tertiary/aromatic N) is 4. The van der Waals surface area contributed by atoms with Crippen molar-refractivity contribution in [3.63, 3.8) is 0 Å². The van der Waals surface area contributed by atoms with Crippen LogP contribution in [0, 0.1) is 32.1 Å². The van der Waals surface area contributed by atoms with E-state index in [1.807, 2.05) is 48.6 Å². The molecule has 22 heteroatoms. The van der Waals surface area contributed by atoms with Crippen LogP contribution in [0.25, 0.3) is 90.9 Å². The summed E-state index contributed by atoms with van der Waals surface area (Å²) >= 11 is 0. The Hall–Kier alpha value is -8.52. The SMILES string of the molecule is O=[N+]([O-])c1ccc(-c2c3nc(c(-c4ccc([N+](=O)[O-])cc4)c4ccc([nH]4)c(-c4ccc(OC5OC(O)C(O)C(O)C5CO)cc4)c4nc(c(-c5ccc(OC6OC(O)C(O)C(O)C6CO)cc5)c5ccc2[nH]5)C=C4)C=C3)cc1. The van der Waals surface area contributed by atoms with E-state index in [1.165, 1.54) is 24.3 Å². The zero-order valence-corrected chi connectivity index (χ0v) is 40.7. The van der Waals surface area contributed by atoms with E-state index in [9.17, 15) is 61.1 Å². The molecule has 0 aliphatic carbocycles. The predicted molar refractivity (Wildman–Crippen MR) is 282 cm³/mol. The van der Waals surface area contributed by atoms with Crippen molar-refractivity contribution in [3.8, 4) is 56.0 Å². The lowest BCUT2D eigenvalue weighted by Gasteiger charge is -2.39. The standard InChI is InChI=1S/C56H48N6O16/c63-25-35-49(65)51(67)53(69)77-55(35)75-33-13-5-29(6-14-33)47-41-21-19-39(58-41)45(27-1-9-31(10-2-27)61(71)72)37-17-18-38(57-37)46(28-3-11-32(12-4-28)62(73)74)40-20-22-42(59-40)48(44-24-23-43(47)60-44)30-7-15-34(16-8-30)76-56-36(26-64)50(66)52(68)54(70)78-56/h1-24,35-36,49-56,58-59,63-70H,25-26H2. The molecule has 0 amide bonds. The molecule has 398 valence electrons. The maximum absolute atomic E-state index is 11.8. The van der Waals surface area contributed by atoms with Crippen LogP contribution in [0.1, 0.15) is 22.8 Å². The van der Waals surface area contributed by atoms with Crippen LogP contribution in [0.5, 0.6) is 11.5 Å². The first kappa shape index (κ1) is 51.6. The van der Waals surface area contributed by atoms with Crippen LogP contribution in [0.2, 0.25) is 0 Å². The van der Waals surface area contributed by atoms with Crippen LogP contribution >= 0.6 is 0 Å². The number of nitro benzene ring substituents is 2. The highest BCUT2D eigenvalue weighted by atomic mass is 16.7. The molecule has 0 spiro atoms. The van der Waals surface area contributed by atoms with Crippen molar-refractivity contribution < 1.29 is 69.6 Å². The first-order valence-corrected chi connectivity index (χ1v) is 24.5. The number of benzene rings is 4. The first-order valence-electron chi connectivity index (χ1n) is 24.5. The maximum Gasteiger partial charge on any atom is 0.269 e. The first-order chi connectivity index (χ1) is 37.7. The fourth-order valence-electron chi connectivity index (χ4n) is 10.0. The molecule has 4 aliphatic heterocycles. The van der Waals surface area contributed by atoms with Crippen LogP contribution < -0.4 is 9.47 Å². The van der Waals surface area contributed by atoms with Gasteiger partial charge in [-0.2, -0.15) is 0 Å². The van der Waals surface area contributed by atoms with Crippen molar-refractivity contribution in [2.75, 3.05) is 13.2 Å². The molecule has 10 unspecified atom stereocenters. The summed E-state index contributed by atoms with van der Waals surface area (Å²) in [5.41, 5.74) is 8.83. The highest BCUT2D eigenvalue weighted by Gasteiger charge is 2.46. The molecule has 3 aromatic heterocycles. The van der Waals surface area contributed by atoms with Gasteiger partial charge in [-0.25, -0.2) is 9.97 Å². The minimum Gasteiger partial charge on any atom is -0.464 e. The molecule has 78 heavy (non-hydrogen) atoms. The van der Waals surface area contributed by atoms with Gasteiger partial charge in [-0.3, -0.25) is 20.2 Å². The molecule has 10 N–H and O–H groups in total. The topological polar surface area (TPSA) is 342 Å². The van der Waals surface area contributed by atoms with Gasteiger partial charge in [0, 0.05) is 68.6 Å². The summed E-state index contributed by atoms with van der Waals surface area (Å²) in [6.45, 7) is -1.23. The van der Waals surface area contributed by atoms with Crippen molar-refractivity contribution >= 4 is 57.7 Å². The van der Waals surface area contributed by atoms with Gasteiger partial charge in [0.1, 0.15) is 23.7 Å². The normalized spacial score (nSPS) is 23.7. The van der Waals surface area contributed by atoms with E-state index in [4.69, 9.17) is 28.9 Å². The van der Waals surface area contributed by atoms with Crippen molar-refractivity contribution in [2.45, 2.75) is 49.6 Å². The smallest absolute Gasteiger partial charge is 0.269 e. The number of rotatable bonds is 12. The van der Waals surface area contributed by atoms with Crippen LogP contribution in [0.15, 0.2) is 121 Å². The zero-order chi connectivity index (χ0) is 54.5. The third-order valence-electron chi connectivity index (χ3n) is 14.1. The van der Waals surface area contributed by atoms with Gasteiger partial charge >= 0.3 is 0 Å². The number of nitro groups is 2. The zero-order valence-electron chi connectivity index (χ0n) is 40.7. The van der Waals surface area contributed by atoms with Gasteiger partial charge in [-0.1, -0.05) is 24.3 Å². The van der Waals surface area contributed by atoms with Crippen LogP contribution in [-0.2, 0) is 9.47 Å². The molecule has 4 aromatic carbocycles. The molecule has 0 saturated carbocycles. The van der Waals surface area contributed by atoms with Crippen molar-refractivity contribution in [2.24, 2.45) is 11.8 Å². The fourth-order valence-corrected chi connectivity index (χ4v) is 10.0. The number of ether oxygens (including phenoxy) is 4. The summed E-state index contributed by atoms with van der Waals surface area (Å²) in [6.07, 6.45) is -5.32. The van der Waals surface area contributed by atoms with E-state index in [1.54, 1.807) is 72.8 Å². The average Bonchev–Trinajstić information content (AvgIpc) is 4.43. The molecule has 22 nitrogen and oxygen atoms in total. The number of non-ortho nitro benzene ring substituents is 2. The highest BCUT2D eigenvalue weighted by molar-refractivity contribution is 6.00. The molecule has 11 rings (SSSR count). The summed E-state index contributed by atoms with van der Waals surface area (Å²) in [6, 6.07) is 33.1. The summed E-state index contributed by atoms with van der Waals surface area (Å²) in [5, 5.41) is 106. The van der Waals surface area contributed by atoms with Crippen LogP contribution in [0.4, 0.5) is 11.4 Å². The molecular formula is C56H48N6O16. The van der Waals surface area contributed by atoms with Gasteiger partial charge in [-0.15, -0.1) is 0 Å². The lowest BCUT2D eigenvalue weighted by Crippen LogP contribution is -2.57. The number of fused-ring (bicyclic) bond motifs is 8. The molecule has 7 heterocycles. The van der Waals surface area contributed by atoms with Crippen molar-refractivity contribution in [3.05, 3.63) is 164 Å². The predicted octanol–water partition coefficient (Wildman–Crippen LogP) is 5.91. The molecule has 0 radical (unpaired) electrons. The summed E-state index contributed by atoms with van der Waals surface area (Å²) in [4.78, 5) is 40.3. The summed E-state index contributed by atoms with van der Waals surface area (Å²) in [5.74, 6) is -1.71. The van der Waals surface area contributed by atoms with Gasteiger partial charge < -0.3 is 69.8 Å². The Morgan fingerprint density at radius 1 is 0.436 bits per heavy atom. The van der Waals surface area contributed by atoms with E-state index in [-0.39, 0.29) is 22.9 Å². The van der Waals surface area contributed by atoms with Gasteiger partial charge in [0.25, 0.3) is 11.4 Å². The Morgan fingerprint density at radius 2 is 0.718 bits per heavy atom. The minimum atomic E-state index is -1.78. The largest absolute Gasteiger partial charge is 0.464 e. The summed E-state index contributed by atoms with van der Waals surface area (Å²) in [7, 11) is 0. The summed E-state index contributed by atoms with van der Waals surface area (Å²) < 4.78 is 22.9. The monoisotopic (exact) mass is 1060 g/mol. The van der Waals surface area contributed by atoms with Gasteiger partial charge in [0.15, 0.2) is 12.6 Å². The second-order valence-electron chi connectivity index (χ2n) is 18.8. The third-order valence-corrected chi connectivity index (χ3v) is 14.1. The number of aromatic nitrogens is 4. The Bertz CT molecular complexity index is 3430. The van der Waals surface area contributed by atoms with E-state index in [0.29, 0.717) is 89.4 Å². The average molecular weight is 1060 g/mol. The maximum atomic E-state index is 11.8. The van der Waals surface area contributed by atoms with Gasteiger partial charge in [0.2, 0.25) is 12.6 Å². The number of aliphatic hydroxyl groups is 8. The van der Waals surface area contributed by atoms with Crippen LogP contribution in [-0.4, -0.2) is 133 Å². The number of hydrogen-bond donors (Lipinski definition) is 10. The second-order valence-corrected chi connectivity index (χ2v) is 18.8. The number of aliphatic hydroxyl groups excluding tert-OH is 8. The molecule has 7 aromatic rings. The molecule has 4 aliphatic rings. The number of H-pyrrole nitrogens is 2. The number of nitrogens with one attached hydrogen (secondary N) is 2. The Labute approximate surface area is 441 Å². The third kappa shape index (κ3) is 9.69. The quantitative estimate of drug-likeness (QED) is 0.0502.